The number of anilines is 1. The predicted molar refractivity (Wildman–Crippen MR) is 105 cm³/mol. The number of sulfonamides is 1. The fraction of sp³-hybridized carbons (Fsp3) is 0.444. The van der Waals surface area contributed by atoms with Gasteiger partial charge in [0.15, 0.2) is 5.13 Å². The van der Waals surface area contributed by atoms with Crippen LogP contribution in [0.5, 0.6) is 5.75 Å². The maximum Gasteiger partial charge on any atom is 0.257 e. The van der Waals surface area contributed by atoms with Crippen molar-refractivity contribution in [1.82, 2.24) is 9.29 Å². The fourth-order valence-electron chi connectivity index (χ4n) is 3.30. The summed E-state index contributed by atoms with van der Waals surface area (Å²) in [7, 11) is -2.34. The molecule has 1 amide bonds. The fourth-order valence-corrected chi connectivity index (χ4v) is 5.77. The molecule has 1 unspecified atom stereocenters. The number of thiazole rings is 1. The Morgan fingerprint density at radius 2 is 2.22 bits per heavy atom. The van der Waals surface area contributed by atoms with Gasteiger partial charge in [0.05, 0.1) is 7.11 Å². The standard InChI is InChI=1S/C18H23N3O4S2/c1-3-14-6-4-5-10-21(14)27(23,24)16-12-13(7-8-15(16)25-2)17(22)20-18-19-9-11-26-18/h7-9,11-12,14H,3-6,10H2,1-2H3,(H,19,20,22). The Bertz CT molecular complexity index is 897. The van der Waals surface area contributed by atoms with E-state index in [-0.39, 0.29) is 22.3 Å². The van der Waals surface area contributed by atoms with Crippen molar-refractivity contribution in [1.29, 1.82) is 0 Å². The van der Waals surface area contributed by atoms with Crippen LogP contribution >= 0.6 is 11.3 Å². The Labute approximate surface area is 163 Å². The van der Waals surface area contributed by atoms with Crippen molar-refractivity contribution in [3.05, 3.63) is 35.3 Å². The van der Waals surface area contributed by atoms with Gasteiger partial charge in [-0.05, 0) is 37.5 Å². The molecule has 1 saturated heterocycles. The molecule has 7 nitrogen and oxygen atoms in total. The van der Waals surface area contributed by atoms with Gasteiger partial charge in [0.2, 0.25) is 10.0 Å². The normalized spacial score (nSPS) is 18.2. The molecule has 0 bridgehead atoms. The summed E-state index contributed by atoms with van der Waals surface area (Å²) < 4.78 is 33.5. The molecule has 1 aliphatic rings. The topological polar surface area (TPSA) is 88.6 Å². The molecule has 0 aliphatic carbocycles. The summed E-state index contributed by atoms with van der Waals surface area (Å²) in [5.41, 5.74) is 0.245. The van der Waals surface area contributed by atoms with Crippen LogP contribution in [0, 0.1) is 0 Å². The van der Waals surface area contributed by atoms with Gasteiger partial charge in [-0.2, -0.15) is 4.31 Å². The minimum absolute atomic E-state index is 0.0251. The smallest absolute Gasteiger partial charge is 0.257 e. The Morgan fingerprint density at radius 3 is 2.89 bits per heavy atom. The molecule has 1 aliphatic heterocycles. The quantitative estimate of drug-likeness (QED) is 0.790. The Balaban J connectivity index is 1.96. The number of methoxy groups -OCH3 is 1. The van der Waals surface area contributed by atoms with E-state index in [4.69, 9.17) is 4.74 Å². The first-order valence-electron chi connectivity index (χ1n) is 8.88. The molecule has 2 aromatic rings. The van der Waals surface area contributed by atoms with Gasteiger partial charge in [-0.25, -0.2) is 13.4 Å². The van der Waals surface area contributed by atoms with Crippen molar-refractivity contribution in [2.75, 3.05) is 19.0 Å². The van der Waals surface area contributed by atoms with Gasteiger partial charge < -0.3 is 4.74 Å². The van der Waals surface area contributed by atoms with Crippen molar-refractivity contribution >= 4 is 32.4 Å². The van der Waals surface area contributed by atoms with Crippen molar-refractivity contribution < 1.29 is 17.9 Å². The molecule has 27 heavy (non-hydrogen) atoms. The lowest BCUT2D eigenvalue weighted by Crippen LogP contribution is -2.43. The third-order valence-corrected chi connectivity index (χ3v) is 7.37. The summed E-state index contributed by atoms with van der Waals surface area (Å²) in [5, 5.41) is 4.88. The molecule has 1 aromatic heterocycles. The van der Waals surface area contributed by atoms with Crippen LogP contribution in [0.15, 0.2) is 34.7 Å². The van der Waals surface area contributed by atoms with Crippen molar-refractivity contribution in [2.45, 2.75) is 43.5 Å². The van der Waals surface area contributed by atoms with Crippen molar-refractivity contribution in [2.24, 2.45) is 0 Å². The zero-order valence-electron chi connectivity index (χ0n) is 15.3. The molecular formula is C18H23N3O4S2. The largest absolute Gasteiger partial charge is 0.495 e. The number of carbonyl (C=O) groups is 1. The zero-order chi connectivity index (χ0) is 19.4. The van der Waals surface area contributed by atoms with E-state index in [9.17, 15) is 13.2 Å². The number of piperidine rings is 1. The summed E-state index contributed by atoms with van der Waals surface area (Å²) in [5.74, 6) is -0.170. The second-order valence-electron chi connectivity index (χ2n) is 6.33. The second-order valence-corrected chi connectivity index (χ2v) is 9.08. The number of carbonyl (C=O) groups excluding carboxylic acids is 1. The van der Waals surface area contributed by atoms with Crippen LogP contribution in [-0.4, -0.2) is 43.3 Å². The Morgan fingerprint density at radius 1 is 1.41 bits per heavy atom. The SMILES string of the molecule is CCC1CCCCN1S(=O)(=O)c1cc(C(=O)Nc2nccs2)ccc1OC. The van der Waals surface area contributed by atoms with Gasteiger partial charge in [-0.3, -0.25) is 10.1 Å². The molecule has 0 saturated carbocycles. The molecular weight excluding hydrogens is 386 g/mol. The van der Waals surface area contributed by atoms with Gasteiger partial charge in [-0.15, -0.1) is 11.3 Å². The molecule has 2 heterocycles. The number of nitrogens with zero attached hydrogens (tertiary/aromatic N) is 2. The number of nitrogens with one attached hydrogen (secondary N) is 1. The van der Waals surface area contributed by atoms with E-state index >= 15 is 0 Å². The van der Waals surface area contributed by atoms with Crippen LogP contribution in [0.4, 0.5) is 5.13 Å². The van der Waals surface area contributed by atoms with Crippen LogP contribution in [-0.2, 0) is 10.0 Å². The average Bonchev–Trinajstić information content (AvgIpc) is 3.20. The molecule has 0 spiro atoms. The summed E-state index contributed by atoms with van der Waals surface area (Å²) in [6, 6.07) is 4.43. The van der Waals surface area contributed by atoms with E-state index in [2.05, 4.69) is 10.3 Å². The van der Waals surface area contributed by atoms with E-state index in [0.717, 1.165) is 25.7 Å². The minimum atomic E-state index is -3.77. The number of rotatable bonds is 6. The van der Waals surface area contributed by atoms with Crippen molar-refractivity contribution in [3.63, 3.8) is 0 Å². The summed E-state index contributed by atoms with van der Waals surface area (Å²) in [6.07, 6.45) is 5.06. The van der Waals surface area contributed by atoms with Gasteiger partial charge in [0.1, 0.15) is 10.6 Å². The molecule has 1 fully saturated rings. The van der Waals surface area contributed by atoms with E-state index in [0.29, 0.717) is 11.7 Å². The van der Waals surface area contributed by atoms with Gasteiger partial charge in [-0.1, -0.05) is 13.3 Å². The van der Waals surface area contributed by atoms with Crippen molar-refractivity contribution in [3.8, 4) is 5.75 Å². The highest BCUT2D eigenvalue weighted by Gasteiger charge is 2.34. The van der Waals surface area contributed by atoms with Gasteiger partial charge in [0.25, 0.3) is 5.91 Å². The monoisotopic (exact) mass is 409 g/mol. The lowest BCUT2D eigenvalue weighted by Gasteiger charge is -2.34. The van der Waals surface area contributed by atoms with Crippen LogP contribution in [0.1, 0.15) is 43.0 Å². The highest BCUT2D eigenvalue weighted by molar-refractivity contribution is 7.89. The lowest BCUT2D eigenvalue weighted by atomic mass is 10.0. The molecule has 1 atom stereocenters. The Kier molecular flexibility index (Phi) is 6.13. The molecule has 0 radical (unpaired) electrons. The lowest BCUT2D eigenvalue weighted by molar-refractivity contribution is 0.102. The van der Waals surface area contributed by atoms with E-state index in [1.807, 2.05) is 6.92 Å². The second kappa shape index (κ2) is 8.37. The van der Waals surface area contributed by atoms with Gasteiger partial charge >= 0.3 is 0 Å². The third-order valence-electron chi connectivity index (χ3n) is 4.71. The zero-order valence-corrected chi connectivity index (χ0v) is 17.0. The highest BCUT2D eigenvalue weighted by atomic mass is 32.2. The maximum atomic E-state index is 13.3. The average molecular weight is 410 g/mol. The molecule has 1 aromatic carbocycles. The predicted octanol–water partition coefficient (Wildman–Crippen LogP) is 3.36. The molecule has 1 N–H and O–H groups in total. The van der Waals surface area contributed by atoms with Crippen LogP contribution in [0.25, 0.3) is 0 Å². The Hall–Kier alpha value is -1.97. The summed E-state index contributed by atoms with van der Waals surface area (Å²) >= 11 is 1.30. The number of hydrogen-bond donors (Lipinski definition) is 1. The number of aromatic nitrogens is 1. The first kappa shape index (κ1) is 19.8. The first-order chi connectivity index (χ1) is 13.0. The van der Waals surface area contributed by atoms with E-state index in [1.54, 1.807) is 21.9 Å². The minimum Gasteiger partial charge on any atom is -0.495 e. The molecule has 3 rings (SSSR count). The molecule has 9 heteroatoms. The number of benzene rings is 1. The molecule has 146 valence electrons. The number of ether oxygens (including phenoxy) is 1. The number of hydrogen-bond acceptors (Lipinski definition) is 6. The van der Waals surface area contributed by atoms with E-state index in [1.165, 1.54) is 30.6 Å². The summed E-state index contributed by atoms with van der Waals surface area (Å²) in [6.45, 7) is 2.48. The number of amides is 1. The van der Waals surface area contributed by atoms with Crippen LogP contribution in [0.2, 0.25) is 0 Å². The third kappa shape index (κ3) is 4.15. The van der Waals surface area contributed by atoms with Gasteiger partial charge in [0, 0.05) is 29.7 Å². The van der Waals surface area contributed by atoms with Crippen LogP contribution in [0.3, 0.4) is 0 Å². The highest BCUT2D eigenvalue weighted by Crippen LogP contribution is 2.32. The van der Waals surface area contributed by atoms with Crippen LogP contribution < -0.4 is 10.1 Å². The van der Waals surface area contributed by atoms with E-state index < -0.39 is 15.9 Å². The maximum absolute atomic E-state index is 13.3. The first-order valence-corrected chi connectivity index (χ1v) is 11.2. The summed E-state index contributed by atoms with van der Waals surface area (Å²) in [4.78, 5) is 16.5.